The minimum Gasteiger partial charge on any atom is -0.468 e. The van der Waals surface area contributed by atoms with Gasteiger partial charge in [0.1, 0.15) is 17.7 Å². The van der Waals surface area contributed by atoms with Crippen LogP contribution in [0.15, 0.2) is 53.3 Å². The number of nitrogens with one attached hydrogen (secondary N) is 1. The summed E-state index contributed by atoms with van der Waals surface area (Å²) in [6.45, 7) is 0. The zero-order valence-electron chi connectivity index (χ0n) is 10.3. The molecule has 3 heteroatoms. The van der Waals surface area contributed by atoms with Crippen LogP contribution in [-0.4, -0.2) is 9.97 Å². The molecule has 0 amide bonds. The van der Waals surface area contributed by atoms with E-state index in [4.69, 9.17) is 4.42 Å². The maximum atomic E-state index is 5.67. The predicted molar refractivity (Wildman–Crippen MR) is 77.8 cm³/mol. The largest absolute Gasteiger partial charge is 0.468 e. The van der Waals surface area contributed by atoms with Crippen molar-refractivity contribution < 1.29 is 5.84 Å². The number of fused-ring (bicyclic) bond motifs is 2. The summed E-state index contributed by atoms with van der Waals surface area (Å²) in [5, 5.41) is 1.11. The fraction of sp³-hybridized carbons (Fsp3) is 0.0625. The monoisotopic (exact) mass is 250 g/mol. The first-order valence-electron chi connectivity index (χ1n) is 6.29. The van der Waals surface area contributed by atoms with E-state index in [0.717, 1.165) is 40.0 Å². The zero-order chi connectivity index (χ0) is 12.7. The Kier molecular flexibility index (Phi) is 2.18. The highest BCUT2D eigenvalue weighted by Crippen LogP contribution is 2.32. The Morgan fingerprint density at radius 1 is 1.32 bits per heavy atom. The van der Waals surface area contributed by atoms with Gasteiger partial charge in [-0.15, -0.1) is 0 Å². The molecule has 0 spiro atoms. The van der Waals surface area contributed by atoms with Crippen LogP contribution in [0.5, 0.6) is 0 Å². The molecule has 0 fully saturated rings. The molecule has 3 heterocycles. The van der Waals surface area contributed by atoms with Gasteiger partial charge in [-0.2, -0.15) is 0 Å². The Morgan fingerprint density at radius 3 is 3.26 bits per heavy atom. The Hall–Kier alpha value is -2.55. The third-order valence-electron chi connectivity index (χ3n) is 3.40. The Morgan fingerprint density at radius 2 is 2.32 bits per heavy atom. The molecule has 0 aromatic carbocycles. The first kappa shape index (κ1) is 10.4. The van der Waals surface area contributed by atoms with Crippen LogP contribution in [0.3, 0.4) is 0 Å². The van der Waals surface area contributed by atoms with Crippen molar-refractivity contribution in [2.75, 3.05) is 0 Å². The van der Waals surface area contributed by atoms with Gasteiger partial charge in [0, 0.05) is 30.6 Å². The average molecular weight is 250 g/mol. The van der Waals surface area contributed by atoms with E-state index < -0.39 is 0 Å². The van der Waals surface area contributed by atoms with Crippen molar-refractivity contribution >= 4 is 17.1 Å². The highest BCUT2D eigenvalue weighted by atomic mass is 16.3. The lowest BCUT2D eigenvalue weighted by Crippen LogP contribution is -1.82. The van der Waals surface area contributed by atoms with E-state index >= 15 is 0 Å². The molecule has 0 saturated heterocycles. The maximum absolute atomic E-state index is 5.67. The number of pyridine rings is 1. The predicted octanol–water partition coefficient (Wildman–Crippen LogP) is 4.19. The summed E-state index contributed by atoms with van der Waals surface area (Å²) in [4.78, 5) is 7.67. The number of allylic oxidation sites excluding steroid dienone is 3. The number of furan rings is 1. The summed E-state index contributed by atoms with van der Waals surface area (Å²) in [6, 6.07) is 6.11. The van der Waals surface area contributed by atoms with E-state index in [1.807, 2.05) is 24.5 Å². The summed E-state index contributed by atoms with van der Waals surface area (Å²) in [7, 11) is 0. The Bertz CT molecular complexity index is 778. The van der Waals surface area contributed by atoms with Gasteiger partial charge in [-0.1, -0.05) is 24.3 Å². The van der Waals surface area contributed by atoms with Gasteiger partial charge in [-0.05, 0) is 18.2 Å². The molecule has 4 rings (SSSR count). The molecule has 0 aliphatic heterocycles. The van der Waals surface area contributed by atoms with Crippen molar-refractivity contribution in [3.8, 4) is 11.3 Å². The van der Waals surface area contributed by atoms with Crippen LogP contribution in [-0.2, 0) is 6.42 Å². The van der Waals surface area contributed by atoms with E-state index in [1.54, 1.807) is 6.20 Å². The lowest BCUT2D eigenvalue weighted by molar-refractivity contribution is 0.523. The van der Waals surface area contributed by atoms with Crippen LogP contribution < -0.4 is 0 Å². The van der Waals surface area contributed by atoms with Crippen molar-refractivity contribution in [3.63, 3.8) is 0 Å². The van der Waals surface area contributed by atoms with Crippen LogP contribution in [0.25, 0.3) is 28.4 Å². The minimum absolute atomic E-state index is 0. The molecule has 0 atom stereocenters. The van der Waals surface area contributed by atoms with Gasteiger partial charge < -0.3 is 9.40 Å². The van der Waals surface area contributed by atoms with Crippen LogP contribution in [0.2, 0.25) is 0 Å². The first-order valence-corrected chi connectivity index (χ1v) is 6.29. The summed E-state index contributed by atoms with van der Waals surface area (Å²) in [6.07, 6.45) is 12.7. The molecule has 0 unspecified atom stereocenters. The second kappa shape index (κ2) is 3.99. The molecule has 1 N–H and O–H groups in total. The normalized spacial score (nSPS) is 13.7. The molecule has 94 valence electrons. The van der Waals surface area contributed by atoms with E-state index in [9.17, 15) is 0 Å². The van der Waals surface area contributed by atoms with Gasteiger partial charge in [0.25, 0.3) is 0 Å². The highest BCUT2D eigenvalue weighted by molar-refractivity contribution is 5.85. The van der Waals surface area contributed by atoms with Gasteiger partial charge in [-0.3, -0.25) is 0 Å². The topological polar surface area (TPSA) is 41.8 Å². The molecule has 3 aromatic rings. The van der Waals surface area contributed by atoms with Gasteiger partial charge in [0.2, 0.25) is 0 Å². The lowest BCUT2D eigenvalue weighted by atomic mass is 10.1. The fourth-order valence-corrected chi connectivity index (χ4v) is 2.46. The Balaban J connectivity index is 0.00000121. The number of nitrogens with zero attached hydrogens (tertiary/aromatic N) is 1. The summed E-state index contributed by atoms with van der Waals surface area (Å²) in [5.41, 5.74) is 4.19. The maximum Gasteiger partial charge on any atom is 0.137 e. The molecule has 19 heavy (non-hydrogen) atoms. The van der Waals surface area contributed by atoms with Crippen LogP contribution >= 0.6 is 0 Å². The molecule has 1 aliphatic rings. The number of aromatic amines is 1. The Labute approximate surface area is 111 Å². The molecule has 0 bridgehead atoms. The molecule has 1 aliphatic carbocycles. The van der Waals surface area contributed by atoms with Crippen LogP contribution in [0.1, 0.15) is 12.8 Å². The molecule has 3 nitrogen and oxygen atoms in total. The van der Waals surface area contributed by atoms with Gasteiger partial charge >= 0.3 is 0 Å². The number of H-pyrrole nitrogens is 1. The quantitative estimate of drug-likeness (QED) is 0.703. The second-order valence-corrected chi connectivity index (χ2v) is 4.60. The number of rotatable bonds is 1. The molecule has 3 aromatic heterocycles. The van der Waals surface area contributed by atoms with Crippen molar-refractivity contribution in [2.24, 2.45) is 0 Å². The van der Waals surface area contributed by atoms with E-state index in [-0.39, 0.29) is 1.43 Å². The van der Waals surface area contributed by atoms with Crippen LogP contribution in [0.4, 0.5) is 0 Å². The number of hydrogen-bond acceptors (Lipinski definition) is 2. The minimum atomic E-state index is 0. The van der Waals surface area contributed by atoms with Crippen LogP contribution in [0, 0.1) is 0 Å². The number of aromatic nitrogens is 2. The van der Waals surface area contributed by atoms with E-state index in [0.29, 0.717) is 0 Å². The fourth-order valence-electron chi connectivity index (χ4n) is 2.46. The lowest BCUT2D eigenvalue weighted by Gasteiger charge is -1.96. The van der Waals surface area contributed by atoms with Gasteiger partial charge in [0.15, 0.2) is 0 Å². The average Bonchev–Trinajstić information content (AvgIpc) is 2.96. The smallest absolute Gasteiger partial charge is 0.137 e. The van der Waals surface area contributed by atoms with Crippen molar-refractivity contribution in [3.05, 3.63) is 60.2 Å². The summed E-state index contributed by atoms with van der Waals surface area (Å²) < 4.78 is 5.67. The molecule has 0 radical (unpaired) electrons. The van der Waals surface area contributed by atoms with Crippen molar-refractivity contribution in [1.29, 1.82) is 0 Å². The third-order valence-corrected chi connectivity index (χ3v) is 3.40. The summed E-state index contributed by atoms with van der Waals surface area (Å²) >= 11 is 0. The molecular weight excluding hydrogens is 236 g/mol. The number of hydrogen-bond donors (Lipinski definition) is 1. The molecule has 0 saturated carbocycles. The third kappa shape index (κ3) is 1.63. The first-order chi connectivity index (χ1) is 9.42. The standard InChI is InChI=1S/C16H12N2O.H2/c1-2-6-12-13(10-19-15(12)7-3-1)14-9-11-5-4-8-17-16(11)18-14;/h1-6,8-10H,7H2,(H,17,18);1H. The van der Waals surface area contributed by atoms with Crippen molar-refractivity contribution in [1.82, 2.24) is 9.97 Å². The zero-order valence-corrected chi connectivity index (χ0v) is 10.3. The highest BCUT2D eigenvalue weighted by Gasteiger charge is 2.15. The molecular formula is C16H14N2O. The van der Waals surface area contributed by atoms with E-state index in [2.05, 4.69) is 34.3 Å². The van der Waals surface area contributed by atoms with Gasteiger partial charge in [-0.25, -0.2) is 4.98 Å². The van der Waals surface area contributed by atoms with Crippen molar-refractivity contribution in [2.45, 2.75) is 6.42 Å². The second-order valence-electron chi connectivity index (χ2n) is 4.60. The summed E-state index contributed by atoms with van der Waals surface area (Å²) in [5.74, 6) is 1.01. The van der Waals surface area contributed by atoms with E-state index in [1.165, 1.54) is 0 Å². The van der Waals surface area contributed by atoms with Gasteiger partial charge in [0.05, 0.1) is 5.69 Å². The SMILES string of the molecule is C1=CCc2occ(-c3cc4cccnc4[nH]3)c2C=C1.[HH].